The summed E-state index contributed by atoms with van der Waals surface area (Å²) in [7, 11) is 0. The summed E-state index contributed by atoms with van der Waals surface area (Å²) in [6.45, 7) is 2.51. The molecule has 0 bridgehead atoms. The van der Waals surface area contributed by atoms with Crippen molar-refractivity contribution >= 4 is 5.91 Å². The van der Waals surface area contributed by atoms with Crippen LogP contribution in [-0.4, -0.2) is 76.8 Å². The summed E-state index contributed by atoms with van der Waals surface area (Å²) in [6, 6.07) is 0. The van der Waals surface area contributed by atoms with Gasteiger partial charge in [0, 0.05) is 19.6 Å². The lowest BCUT2D eigenvalue weighted by molar-refractivity contribution is -0.301. The smallest absolute Gasteiger partial charge is 0.219 e. The number of carbonyl (C=O) groups excluding carboxylic acids is 1. The molecule has 1 aliphatic heterocycles. The molecule has 1 amide bonds. The number of aliphatic hydroxyl groups is 4. The minimum Gasteiger partial charge on any atom is -0.394 e. The number of rotatable bonds is 10. The molecule has 5 N–H and O–H groups in total. The van der Waals surface area contributed by atoms with Gasteiger partial charge in [-0.05, 0) is 19.3 Å². The molecule has 0 spiro atoms. The van der Waals surface area contributed by atoms with Gasteiger partial charge in [-0.1, -0.05) is 13.3 Å². The number of hydrogen-bond acceptors (Lipinski definition) is 7. The molecule has 0 radical (unpaired) electrons. The molecule has 1 fully saturated rings. The van der Waals surface area contributed by atoms with E-state index in [2.05, 4.69) is 12.2 Å². The van der Waals surface area contributed by atoms with Gasteiger partial charge in [0.15, 0.2) is 6.29 Å². The number of amides is 1. The second kappa shape index (κ2) is 10.9. The van der Waals surface area contributed by atoms with Crippen molar-refractivity contribution in [3.63, 3.8) is 0 Å². The standard InChI is InChI=1S/C15H29NO7/c1-2-3-7-16-11(18)6-4-5-8-22-15-14(21)13(20)12(19)10(9-17)23-15/h10,12-15,17,19-21H,2-9H2,1H3,(H,16,18). The average molecular weight is 335 g/mol. The predicted molar refractivity (Wildman–Crippen MR) is 81.5 cm³/mol. The van der Waals surface area contributed by atoms with Crippen LogP contribution in [0.15, 0.2) is 0 Å². The third-order valence-corrected chi connectivity index (χ3v) is 3.78. The minimum atomic E-state index is -1.43. The van der Waals surface area contributed by atoms with Crippen molar-refractivity contribution in [3.05, 3.63) is 0 Å². The Morgan fingerprint density at radius 3 is 2.52 bits per heavy atom. The molecule has 1 rings (SSSR count). The van der Waals surface area contributed by atoms with Crippen molar-refractivity contribution in [2.75, 3.05) is 19.8 Å². The summed E-state index contributed by atoms with van der Waals surface area (Å²) in [5.74, 6) is 0.00582. The quantitative estimate of drug-likeness (QED) is 0.320. The molecule has 5 atom stereocenters. The zero-order valence-corrected chi connectivity index (χ0v) is 13.6. The molecule has 23 heavy (non-hydrogen) atoms. The van der Waals surface area contributed by atoms with E-state index in [4.69, 9.17) is 14.6 Å². The molecule has 1 heterocycles. The van der Waals surface area contributed by atoms with E-state index in [0.29, 0.717) is 25.8 Å². The highest BCUT2D eigenvalue weighted by molar-refractivity contribution is 5.75. The van der Waals surface area contributed by atoms with Crippen LogP contribution < -0.4 is 5.32 Å². The van der Waals surface area contributed by atoms with Gasteiger partial charge < -0.3 is 35.2 Å². The van der Waals surface area contributed by atoms with Gasteiger partial charge in [-0.15, -0.1) is 0 Å². The van der Waals surface area contributed by atoms with E-state index < -0.39 is 37.3 Å². The van der Waals surface area contributed by atoms with Crippen LogP contribution in [0.1, 0.15) is 39.0 Å². The zero-order valence-electron chi connectivity index (χ0n) is 13.6. The number of nitrogens with one attached hydrogen (secondary N) is 1. The van der Waals surface area contributed by atoms with Gasteiger partial charge >= 0.3 is 0 Å². The first-order chi connectivity index (χ1) is 11.0. The van der Waals surface area contributed by atoms with Crippen LogP contribution in [0.3, 0.4) is 0 Å². The molecule has 0 aromatic heterocycles. The van der Waals surface area contributed by atoms with E-state index in [0.717, 1.165) is 12.8 Å². The van der Waals surface area contributed by atoms with Crippen LogP contribution in [0, 0.1) is 0 Å². The Balaban J connectivity index is 2.18. The van der Waals surface area contributed by atoms with Crippen LogP contribution in [-0.2, 0) is 14.3 Å². The molecule has 1 aliphatic rings. The van der Waals surface area contributed by atoms with E-state index in [1.54, 1.807) is 0 Å². The molecular weight excluding hydrogens is 306 g/mol. The minimum absolute atomic E-state index is 0.00582. The molecular formula is C15H29NO7. The van der Waals surface area contributed by atoms with Crippen LogP contribution >= 0.6 is 0 Å². The zero-order chi connectivity index (χ0) is 17.2. The van der Waals surface area contributed by atoms with Crippen LogP contribution in [0.25, 0.3) is 0 Å². The summed E-state index contributed by atoms with van der Waals surface area (Å²) < 4.78 is 10.6. The number of ether oxygens (including phenoxy) is 2. The Morgan fingerprint density at radius 2 is 1.87 bits per heavy atom. The Morgan fingerprint density at radius 1 is 1.13 bits per heavy atom. The Hall–Kier alpha value is -0.770. The maximum absolute atomic E-state index is 11.5. The largest absolute Gasteiger partial charge is 0.394 e. The van der Waals surface area contributed by atoms with Gasteiger partial charge in [0.2, 0.25) is 5.91 Å². The lowest BCUT2D eigenvalue weighted by atomic mass is 9.99. The molecule has 0 aromatic rings. The second-order valence-corrected chi connectivity index (χ2v) is 5.73. The Labute approximate surface area is 136 Å². The maximum Gasteiger partial charge on any atom is 0.219 e. The average Bonchev–Trinajstić information content (AvgIpc) is 2.54. The van der Waals surface area contributed by atoms with Crippen LogP contribution in [0.5, 0.6) is 0 Å². The van der Waals surface area contributed by atoms with E-state index in [1.807, 2.05) is 0 Å². The fourth-order valence-electron chi connectivity index (χ4n) is 2.29. The summed E-state index contributed by atoms with van der Waals surface area (Å²) in [5, 5.41) is 40.9. The maximum atomic E-state index is 11.5. The Kier molecular flexibility index (Phi) is 9.61. The third kappa shape index (κ3) is 6.70. The lowest BCUT2D eigenvalue weighted by Crippen LogP contribution is -2.59. The summed E-state index contributed by atoms with van der Waals surface area (Å²) in [4.78, 5) is 11.5. The molecule has 0 aromatic carbocycles. The van der Waals surface area contributed by atoms with Crippen molar-refractivity contribution in [2.24, 2.45) is 0 Å². The molecule has 8 heteroatoms. The van der Waals surface area contributed by atoms with Crippen molar-refractivity contribution in [1.29, 1.82) is 0 Å². The molecule has 5 unspecified atom stereocenters. The highest BCUT2D eigenvalue weighted by atomic mass is 16.7. The number of unbranched alkanes of at least 4 members (excludes halogenated alkanes) is 2. The van der Waals surface area contributed by atoms with Gasteiger partial charge in [0.05, 0.1) is 6.61 Å². The van der Waals surface area contributed by atoms with Crippen LogP contribution in [0.2, 0.25) is 0 Å². The van der Waals surface area contributed by atoms with Crippen molar-refractivity contribution in [1.82, 2.24) is 5.32 Å². The highest BCUT2D eigenvalue weighted by Crippen LogP contribution is 2.22. The monoisotopic (exact) mass is 335 g/mol. The number of hydrogen-bond donors (Lipinski definition) is 5. The number of aliphatic hydroxyl groups excluding tert-OH is 4. The summed E-state index contributed by atoms with van der Waals surface area (Å²) >= 11 is 0. The van der Waals surface area contributed by atoms with Crippen LogP contribution in [0.4, 0.5) is 0 Å². The third-order valence-electron chi connectivity index (χ3n) is 3.78. The molecule has 0 aliphatic carbocycles. The van der Waals surface area contributed by atoms with E-state index in [1.165, 1.54) is 0 Å². The van der Waals surface area contributed by atoms with Crippen molar-refractivity contribution < 1.29 is 34.7 Å². The van der Waals surface area contributed by atoms with Crippen molar-refractivity contribution in [2.45, 2.75) is 69.7 Å². The predicted octanol–water partition coefficient (Wildman–Crippen LogP) is -1.11. The van der Waals surface area contributed by atoms with Gasteiger partial charge in [0.25, 0.3) is 0 Å². The second-order valence-electron chi connectivity index (χ2n) is 5.73. The molecule has 1 saturated heterocycles. The van der Waals surface area contributed by atoms with Gasteiger partial charge in [-0.25, -0.2) is 0 Å². The van der Waals surface area contributed by atoms with Gasteiger partial charge in [-0.2, -0.15) is 0 Å². The molecule has 0 saturated carbocycles. The first kappa shape index (κ1) is 20.3. The first-order valence-corrected chi connectivity index (χ1v) is 8.20. The highest BCUT2D eigenvalue weighted by Gasteiger charge is 2.43. The van der Waals surface area contributed by atoms with E-state index in [-0.39, 0.29) is 12.5 Å². The van der Waals surface area contributed by atoms with E-state index in [9.17, 15) is 20.1 Å². The van der Waals surface area contributed by atoms with E-state index >= 15 is 0 Å². The van der Waals surface area contributed by atoms with Crippen molar-refractivity contribution in [3.8, 4) is 0 Å². The normalized spacial score (nSPS) is 31.1. The van der Waals surface area contributed by atoms with Gasteiger partial charge in [-0.3, -0.25) is 4.79 Å². The molecule has 8 nitrogen and oxygen atoms in total. The SMILES string of the molecule is CCCCNC(=O)CCCCOC1OC(CO)C(O)C(O)C1O. The topological polar surface area (TPSA) is 128 Å². The Bertz CT molecular complexity index is 340. The first-order valence-electron chi connectivity index (χ1n) is 8.20. The summed E-state index contributed by atoms with van der Waals surface area (Å²) in [5.41, 5.74) is 0. The lowest BCUT2D eigenvalue weighted by Gasteiger charge is -2.39. The fraction of sp³-hybridized carbons (Fsp3) is 0.933. The molecule has 136 valence electrons. The fourth-order valence-corrected chi connectivity index (χ4v) is 2.29. The summed E-state index contributed by atoms with van der Waals surface area (Å²) in [6.07, 6.45) is -2.65. The van der Waals surface area contributed by atoms with Gasteiger partial charge in [0.1, 0.15) is 24.4 Å². The number of carbonyl (C=O) groups is 1.